The molecule has 23 heavy (non-hydrogen) atoms. The summed E-state index contributed by atoms with van der Waals surface area (Å²) in [4.78, 5) is 17.6. The van der Waals surface area contributed by atoms with Gasteiger partial charge in [0.25, 0.3) is 0 Å². The Balaban J connectivity index is 2.76. The topological polar surface area (TPSA) is 98.5 Å². The third-order valence-corrected chi connectivity index (χ3v) is 4.98. The summed E-state index contributed by atoms with van der Waals surface area (Å²) in [6.07, 6.45) is 2.09. The number of nitrogens with one attached hydrogen (secondary N) is 1. The summed E-state index contributed by atoms with van der Waals surface area (Å²) in [6, 6.07) is 8.00. The molecule has 7 nitrogen and oxygen atoms in total. The highest BCUT2D eigenvalue weighted by atomic mass is 32.2. The number of hydrogen-bond acceptors (Lipinski definition) is 5. The van der Waals surface area contributed by atoms with Crippen molar-refractivity contribution >= 4 is 10.0 Å². The van der Waals surface area contributed by atoms with Crippen LogP contribution in [0.2, 0.25) is 0 Å². The van der Waals surface area contributed by atoms with Crippen LogP contribution in [0.5, 0.6) is 0 Å². The fourth-order valence-electron chi connectivity index (χ4n) is 2.05. The molecule has 1 N–H and O–H groups in total. The summed E-state index contributed by atoms with van der Waals surface area (Å²) in [5.41, 5.74) is 1.05. The van der Waals surface area contributed by atoms with Crippen molar-refractivity contribution in [3.8, 4) is 0 Å². The molecular formula is C15H22N2O5S. The fraction of sp³-hybridized carbons (Fsp3) is 0.467. The van der Waals surface area contributed by atoms with Crippen molar-refractivity contribution in [1.82, 2.24) is 4.89 Å². The van der Waals surface area contributed by atoms with E-state index >= 15 is 0 Å². The van der Waals surface area contributed by atoms with Gasteiger partial charge in [0, 0.05) is 17.4 Å². The van der Waals surface area contributed by atoms with E-state index in [1.807, 2.05) is 23.1 Å². The van der Waals surface area contributed by atoms with Gasteiger partial charge in [0.2, 0.25) is 16.1 Å². The number of allylic oxidation sites excluding steroid dienone is 1. The van der Waals surface area contributed by atoms with Crippen LogP contribution in [0.1, 0.15) is 32.8 Å². The summed E-state index contributed by atoms with van der Waals surface area (Å²) in [5.74, 6) is 0. The molecule has 0 bridgehead atoms. The number of hydrogen-bond donors (Lipinski definition) is 1. The van der Waals surface area contributed by atoms with Crippen LogP contribution in [0.3, 0.4) is 0 Å². The van der Waals surface area contributed by atoms with Gasteiger partial charge in [-0.25, -0.2) is 8.42 Å². The van der Waals surface area contributed by atoms with E-state index in [0.717, 1.165) is 5.56 Å². The molecule has 0 heterocycles. The maximum atomic E-state index is 12.3. The zero-order valence-electron chi connectivity index (χ0n) is 13.4. The second-order valence-electron chi connectivity index (χ2n) is 5.12. The van der Waals surface area contributed by atoms with Crippen LogP contribution in [0.25, 0.3) is 0 Å². The van der Waals surface area contributed by atoms with Gasteiger partial charge in [0.15, 0.2) is 0 Å². The lowest BCUT2D eigenvalue weighted by Gasteiger charge is -2.18. The Hall–Kier alpha value is -1.77. The van der Waals surface area contributed by atoms with E-state index in [0.29, 0.717) is 6.42 Å². The molecule has 0 radical (unpaired) electrons. The first kappa shape index (κ1) is 19.3. The van der Waals surface area contributed by atoms with Gasteiger partial charge in [-0.15, -0.1) is 0 Å². The van der Waals surface area contributed by atoms with E-state index < -0.39 is 26.2 Å². The van der Waals surface area contributed by atoms with Crippen molar-refractivity contribution in [2.45, 2.75) is 45.1 Å². The lowest BCUT2D eigenvalue weighted by molar-refractivity contribution is -0.507. The van der Waals surface area contributed by atoms with Gasteiger partial charge in [-0.2, -0.15) is 0 Å². The Morgan fingerprint density at radius 2 is 1.96 bits per heavy atom. The summed E-state index contributed by atoms with van der Waals surface area (Å²) >= 11 is 0. The molecule has 0 aliphatic heterocycles. The van der Waals surface area contributed by atoms with E-state index in [1.54, 1.807) is 25.1 Å². The van der Waals surface area contributed by atoms with Crippen LogP contribution in [-0.2, 0) is 21.5 Å². The van der Waals surface area contributed by atoms with Crippen molar-refractivity contribution in [3.63, 3.8) is 0 Å². The molecule has 0 amide bonds. The van der Waals surface area contributed by atoms with E-state index in [9.17, 15) is 18.5 Å². The van der Waals surface area contributed by atoms with Gasteiger partial charge < -0.3 is 0 Å². The first-order chi connectivity index (χ1) is 10.8. The quantitative estimate of drug-likeness (QED) is 0.422. The van der Waals surface area contributed by atoms with Crippen LogP contribution >= 0.6 is 0 Å². The third-order valence-electron chi connectivity index (χ3n) is 3.43. The van der Waals surface area contributed by atoms with Crippen molar-refractivity contribution in [3.05, 3.63) is 57.7 Å². The van der Waals surface area contributed by atoms with Crippen molar-refractivity contribution in [2.75, 3.05) is 0 Å². The molecule has 128 valence electrons. The average Bonchev–Trinajstić information content (AvgIpc) is 2.52. The molecule has 1 rings (SSSR count). The molecule has 1 aromatic rings. The molecule has 2 unspecified atom stereocenters. The zero-order chi connectivity index (χ0) is 17.5. The molecule has 0 aliphatic rings. The molecular weight excluding hydrogens is 320 g/mol. The smallest absolute Gasteiger partial charge is 0.240 e. The second-order valence-corrected chi connectivity index (χ2v) is 7.08. The Kier molecular flexibility index (Phi) is 7.34. The maximum absolute atomic E-state index is 12.3. The highest BCUT2D eigenvalue weighted by molar-refractivity contribution is 7.90. The molecule has 0 spiro atoms. The molecule has 0 saturated carbocycles. The molecule has 0 aliphatic carbocycles. The summed E-state index contributed by atoms with van der Waals surface area (Å²) in [7, 11) is -3.88. The third kappa shape index (κ3) is 5.74. The van der Waals surface area contributed by atoms with Crippen LogP contribution in [-0.4, -0.2) is 24.6 Å². The molecule has 2 atom stereocenters. The highest BCUT2D eigenvalue weighted by Crippen LogP contribution is 2.18. The summed E-state index contributed by atoms with van der Waals surface area (Å²) in [5, 5.41) is 9.91. The Morgan fingerprint density at radius 1 is 1.35 bits per heavy atom. The van der Waals surface area contributed by atoms with Crippen LogP contribution in [0, 0.1) is 10.1 Å². The van der Waals surface area contributed by atoms with E-state index in [4.69, 9.17) is 4.84 Å². The van der Waals surface area contributed by atoms with Crippen molar-refractivity contribution < 1.29 is 18.2 Å². The van der Waals surface area contributed by atoms with Crippen LogP contribution in [0.4, 0.5) is 0 Å². The molecule has 0 aromatic heterocycles. The second kappa shape index (κ2) is 8.76. The number of sulfonamides is 1. The molecule has 0 saturated heterocycles. The van der Waals surface area contributed by atoms with Gasteiger partial charge in [-0.3, -0.25) is 15.0 Å². The number of benzene rings is 1. The normalized spacial score (nSPS) is 15.2. The monoisotopic (exact) mass is 342 g/mol. The summed E-state index contributed by atoms with van der Waals surface area (Å²) < 4.78 is 24.5. The standard InChI is InChI=1S/C15H22N2O5S/c1-4-8-15(12(2)17(18)19)13(3)23(20,21)16-22-11-14-9-6-5-7-10-14/h5-10,12-13,16H,4,11H2,1-3H3/b15-8+. The van der Waals surface area contributed by atoms with Crippen molar-refractivity contribution in [1.29, 1.82) is 0 Å². The minimum Gasteiger partial charge on any atom is -0.282 e. The van der Waals surface area contributed by atoms with Gasteiger partial charge in [-0.1, -0.05) is 48.2 Å². The first-order valence-corrected chi connectivity index (χ1v) is 8.84. The predicted molar refractivity (Wildman–Crippen MR) is 87.6 cm³/mol. The van der Waals surface area contributed by atoms with Crippen LogP contribution < -0.4 is 4.89 Å². The lowest BCUT2D eigenvalue weighted by Crippen LogP contribution is -2.37. The molecule has 8 heteroatoms. The predicted octanol–water partition coefficient (Wildman–Crippen LogP) is 2.43. The molecule has 0 fully saturated rings. The highest BCUT2D eigenvalue weighted by Gasteiger charge is 2.32. The van der Waals surface area contributed by atoms with Gasteiger partial charge in [0.05, 0.1) is 6.61 Å². The van der Waals surface area contributed by atoms with Gasteiger partial charge in [0.1, 0.15) is 5.25 Å². The summed E-state index contributed by atoms with van der Waals surface area (Å²) in [6.45, 7) is 4.66. The van der Waals surface area contributed by atoms with E-state index in [-0.39, 0.29) is 12.2 Å². The van der Waals surface area contributed by atoms with Crippen molar-refractivity contribution in [2.24, 2.45) is 0 Å². The lowest BCUT2D eigenvalue weighted by atomic mass is 10.1. The minimum absolute atomic E-state index is 0.0738. The van der Waals surface area contributed by atoms with E-state index in [1.165, 1.54) is 13.8 Å². The van der Waals surface area contributed by atoms with Gasteiger partial charge in [-0.05, 0) is 18.9 Å². The Labute approximate surface area is 136 Å². The van der Waals surface area contributed by atoms with Crippen LogP contribution in [0.15, 0.2) is 42.0 Å². The number of rotatable bonds is 9. The maximum Gasteiger partial charge on any atom is 0.240 e. The Bertz CT molecular complexity index is 643. The fourth-order valence-corrected chi connectivity index (χ4v) is 3.07. The SMILES string of the molecule is CC/C=C(\C(C)[N+](=O)[O-])C(C)S(=O)(=O)NOCc1ccccc1. The number of nitrogens with zero attached hydrogens (tertiary/aromatic N) is 1. The average molecular weight is 342 g/mol. The molecule has 1 aromatic carbocycles. The zero-order valence-corrected chi connectivity index (χ0v) is 14.2. The van der Waals surface area contributed by atoms with Gasteiger partial charge >= 0.3 is 0 Å². The first-order valence-electron chi connectivity index (χ1n) is 7.29. The largest absolute Gasteiger partial charge is 0.282 e. The Morgan fingerprint density at radius 3 is 2.48 bits per heavy atom. The van der Waals surface area contributed by atoms with E-state index in [2.05, 4.69) is 0 Å². The number of nitro groups is 1. The minimum atomic E-state index is -3.88.